The molecule has 0 aliphatic carbocycles. The smallest absolute Gasteiger partial charge is 0.872 e. The number of aliphatic imine (C=N–C) groups is 2. The Morgan fingerprint density at radius 3 is 1.48 bits per heavy atom. The SMILES string of the molecule is CCN=Cc1cc(Br)ccc1[O-].CCN=Cc1cc(Br)ccc1[O-].[Ni+2]. The normalized spacial score (nSPS) is 10.4. The van der Waals surface area contributed by atoms with Gasteiger partial charge in [-0.3, -0.25) is 9.98 Å². The van der Waals surface area contributed by atoms with Gasteiger partial charge in [0.1, 0.15) is 0 Å². The van der Waals surface area contributed by atoms with Crippen LogP contribution in [0.15, 0.2) is 55.3 Å². The zero-order chi connectivity index (χ0) is 17.9. The molecule has 0 bridgehead atoms. The minimum Gasteiger partial charge on any atom is -0.872 e. The Kier molecular flexibility index (Phi) is 12.5. The van der Waals surface area contributed by atoms with Crippen LogP contribution in [0.4, 0.5) is 0 Å². The molecule has 0 atom stereocenters. The summed E-state index contributed by atoms with van der Waals surface area (Å²) in [5.74, 6) is 0.0193. The standard InChI is InChI=1S/2C9H10BrNO.Ni/c2*1-2-11-6-7-5-8(10)3-4-9(7)12;/h2*3-6,12H,2H2,1H3;/q;;+2/p-2. The van der Waals surface area contributed by atoms with Crippen molar-refractivity contribution in [2.45, 2.75) is 13.8 Å². The summed E-state index contributed by atoms with van der Waals surface area (Å²) in [4.78, 5) is 8.00. The van der Waals surface area contributed by atoms with E-state index in [1.165, 1.54) is 12.1 Å². The van der Waals surface area contributed by atoms with Gasteiger partial charge in [-0.05, 0) is 49.2 Å². The van der Waals surface area contributed by atoms with E-state index in [1.54, 1.807) is 36.7 Å². The molecule has 0 aliphatic rings. The van der Waals surface area contributed by atoms with Crippen LogP contribution in [0.5, 0.6) is 11.5 Å². The Morgan fingerprint density at radius 1 is 0.800 bits per heavy atom. The van der Waals surface area contributed by atoms with Gasteiger partial charge in [0.25, 0.3) is 0 Å². The third-order valence-electron chi connectivity index (χ3n) is 2.77. The van der Waals surface area contributed by atoms with Crippen LogP contribution >= 0.6 is 31.9 Å². The second-order valence-electron chi connectivity index (χ2n) is 4.62. The van der Waals surface area contributed by atoms with Crippen molar-refractivity contribution in [1.82, 2.24) is 0 Å². The summed E-state index contributed by atoms with van der Waals surface area (Å²) >= 11 is 6.58. The molecule has 2 aromatic rings. The molecule has 0 amide bonds. The van der Waals surface area contributed by atoms with Crippen molar-refractivity contribution in [1.29, 1.82) is 0 Å². The van der Waals surface area contributed by atoms with E-state index in [0.717, 1.165) is 8.95 Å². The van der Waals surface area contributed by atoms with Crippen LogP contribution in [0.3, 0.4) is 0 Å². The fourth-order valence-corrected chi connectivity index (χ4v) is 2.38. The molecular formula is C18H18Br2N2NiO2. The topological polar surface area (TPSA) is 70.8 Å². The van der Waals surface area contributed by atoms with E-state index < -0.39 is 0 Å². The van der Waals surface area contributed by atoms with Gasteiger partial charge in [-0.25, -0.2) is 0 Å². The minimum atomic E-state index is 0. The quantitative estimate of drug-likeness (QED) is 0.460. The van der Waals surface area contributed by atoms with E-state index in [2.05, 4.69) is 41.8 Å². The van der Waals surface area contributed by atoms with Gasteiger partial charge >= 0.3 is 16.5 Å². The molecule has 2 aromatic carbocycles. The van der Waals surface area contributed by atoms with Gasteiger partial charge in [-0.1, -0.05) is 55.5 Å². The van der Waals surface area contributed by atoms with Gasteiger partial charge in [0.2, 0.25) is 0 Å². The van der Waals surface area contributed by atoms with Gasteiger partial charge in [0, 0.05) is 34.5 Å². The van der Waals surface area contributed by atoms with Gasteiger partial charge < -0.3 is 10.2 Å². The van der Waals surface area contributed by atoms with Crippen LogP contribution in [0.25, 0.3) is 0 Å². The van der Waals surface area contributed by atoms with Crippen LogP contribution in [0.2, 0.25) is 0 Å². The number of nitrogens with zero attached hydrogens (tertiary/aromatic N) is 2. The average molecular weight is 513 g/mol. The van der Waals surface area contributed by atoms with E-state index in [4.69, 9.17) is 0 Å². The van der Waals surface area contributed by atoms with Gasteiger partial charge in [0.15, 0.2) is 0 Å². The molecule has 0 heterocycles. The van der Waals surface area contributed by atoms with Crippen LogP contribution in [-0.4, -0.2) is 25.5 Å². The van der Waals surface area contributed by atoms with Crippen molar-refractivity contribution in [3.05, 3.63) is 56.5 Å². The first-order valence-electron chi connectivity index (χ1n) is 7.40. The minimum absolute atomic E-state index is 0. The Hall–Kier alpha value is -1.17. The fraction of sp³-hybridized carbons (Fsp3) is 0.222. The summed E-state index contributed by atoms with van der Waals surface area (Å²) in [6.45, 7) is 5.26. The first kappa shape index (κ1) is 23.8. The molecule has 4 nitrogen and oxygen atoms in total. The first-order valence-corrected chi connectivity index (χ1v) is 8.99. The average Bonchev–Trinajstić information content (AvgIpc) is 2.57. The summed E-state index contributed by atoms with van der Waals surface area (Å²) in [5.41, 5.74) is 1.26. The van der Waals surface area contributed by atoms with E-state index >= 15 is 0 Å². The Morgan fingerprint density at radius 2 is 1.16 bits per heavy atom. The molecule has 0 saturated carbocycles. The first-order chi connectivity index (χ1) is 11.5. The number of rotatable bonds is 4. The monoisotopic (exact) mass is 510 g/mol. The zero-order valence-corrected chi connectivity index (χ0v) is 18.0. The van der Waals surface area contributed by atoms with Crippen LogP contribution < -0.4 is 10.2 Å². The molecule has 0 spiro atoms. The molecule has 7 heteroatoms. The third-order valence-corrected chi connectivity index (χ3v) is 3.76. The molecule has 0 aromatic heterocycles. The Bertz CT molecular complexity index is 661. The summed E-state index contributed by atoms with van der Waals surface area (Å²) in [5, 5.41) is 22.3. The fourth-order valence-electron chi connectivity index (χ4n) is 1.62. The summed E-state index contributed by atoms with van der Waals surface area (Å²) < 4.78 is 1.80. The number of hydrogen-bond donors (Lipinski definition) is 0. The number of benzene rings is 2. The number of halogens is 2. The molecule has 0 saturated heterocycles. The maximum Gasteiger partial charge on any atom is 2.00 e. The molecule has 136 valence electrons. The van der Waals surface area contributed by atoms with E-state index in [0.29, 0.717) is 24.2 Å². The van der Waals surface area contributed by atoms with Crippen molar-refractivity contribution in [3.63, 3.8) is 0 Å². The van der Waals surface area contributed by atoms with E-state index in [9.17, 15) is 10.2 Å². The predicted molar refractivity (Wildman–Crippen MR) is 103 cm³/mol. The molecule has 0 N–H and O–H groups in total. The summed E-state index contributed by atoms with van der Waals surface area (Å²) in [7, 11) is 0. The second-order valence-corrected chi connectivity index (χ2v) is 6.45. The number of hydrogen-bond acceptors (Lipinski definition) is 4. The van der Waals surface area contributed by atoms with Gasteiger partial charge in [0.05, 0.1) is 0 Å². The second kappa shape index (κ2) is 13.1. The van der Waals surface area contributed by atoms with Crippen LogP contribution in [-0.2, 0) is 16.5 Å². The molecule has 0 fully saturated rings. The molecule has 0 radical (unpaired) electrons. The van der Waals surface area contributed by atoms with Crippen molar-refractivity contribution < 1.29 is 26.7 Å². The van der Waals surface area contributed by atoms with Crippen LogP contribution in [0.1, 0.15) is 25.0 Å². The Balaban J connectivity index is 0.000000443. The zero-order valence-electron chi connectivity index (χ0n) is 13.8. The van der Waals surface area contributed by atoms with Crippen LogP contribution in [0, 0.1) is 0 Å². The maximum atomic E-state index is 11.2. The molecule has 0 unspecified atom stereocenters. The molecular weight excluding hydrogens is 495 g/mol. The molecule has 2 rings (SSSR count). The van der Waals surface area contributed by atoms with Crippen molar-refractivity contribution in [2.24, 2.45) is 9.98 Å². The van der Waals surface area contributed by atoms with Gasteiger partial charge in [-0.2, -0.15) is 0 Å². The van der Waals surface area contributed by atoms with E-state index in [-0.39, 0.29) is 28.0 Å². The van der Waals surface area contributed by atoms with E-state index in [1.807, 2.05) is 13.8 Å². The Labute approximate surface area is 175 Å². The third kappa shape index (κ3) is 9.19. The largest absolute Gasteiger partial charge is 2.00 e. The maximum absolute atomic E-state index is 11.2. The summed E-state index contributed by atoms with van der Waals surface area (Å²) in [6, 6.07) is 10.0. The van der Waals surface area contributed by atoms with Gasteiger partial charge in [-0.15, -0.1) is 0 Å². The predicted octanol–water partition coefficient (Wildman–Crippen LogP) is 3.92. The van der Waals surface area contributed by atoms with Crippen molar-refractivity contribution >= 4 is 44.3 Å². The molecule has 0 aliphatic heterocycles. The van der Waals surface area contributed by atoms with Crippen molar-refractivity contribution in [3.8, 4) is 11.5 Å². The molecule has 25 heavy (non-hydrogen) atoms. The summed E-state index contributed by atoms with van der Waals surface area (Å²) in [6.07, 6.45) is 3.21. The van der Waals surface area contributed by atoms with Crippen molar-refractivity contribution in [2.75, 3.05) is 13.1 Å².